The van der Waals surface area contributed by atoms with Gasteiger partial charge in [-0.2, -0.15) is 0 Å². The van der Waals surface area contributed by atoms with Gasteiger partial charge in [0.1, 0.15) is 18.4 Å². The molecule has 0 N–H and O–H groups in total. The molecule has 132 valence electrons. The molecule has 1 aromatic carbocycles. The number of pyridine rings is 1. The summed E-state index contributed by atoms with van der Waals surface area (Å²) >= 11 is 0. The zero-order valence-corrected chi connectivity index (χ0v) is 14.0. The van der Waals surface area contributed by atoms with Gasteiger partial charge >= 0.3 is 5.97 Å². The van der Waals surface area contributed by atoms with Crippen molar-refractivity contribution >= 4 is 11.6 Å². The van der Waals surface area contributed by atoms with E-state index in [2.05, 4.69) is 4.98 Å². The molecule has 0 amide bonds. The highest BCUT2D eigenvalue weighted by atomic mass is 16.6. The summed E-state index contributed by atoms with van der Waals surface area (Å²) in [4.78, 5) is 28.8. The Morgan fingerprint density at radius 3 is 2.69 bits per heavy atom. The number of benzene rings is 1. The Labute approximate surface area is 148 Å². The molecule has 0 radical (unpaired) electrons. The number of rotatable bonds is 3. The maximum atomic E-state index is 12.4. The molecule has 26 heavy (non-hydrogen) atoms. The van der Waals surface area contributed by atoms with Gasteiger partial charge in [0.05, 0.1) is 5.69 Å². The zero-order valence-electron chi connectivity index (χ0n) is 14.0. The Hall–Kier alpha value is -3.35. The fraction of sp³-hybridized carbons (Fsp3) is 0.211. The quantitative estimate of drug-likeness (QED) is 0.671. The van der Waals surface area contributed by atoms with Crippen LogP contribution in [0.4, 0.5) is 0 Å². The molecule has 3 aromatic rings. The monoisotopic (exact) mass is 352 g/mol. The van der Waals surface area contributed by atoms with Gasteiger partial charge in [-0.05, 0) is 31.2 Å². The summed E-state index contributed by atoms with van der Waals surface area (Å²) in [5, 5.41) is 0. The van der Waals surface area contributed by atoms with Crippen molar-refractivity contribution in [2.75, 3.05) is 0 Å². The fourth-order valence-corrected chi connectivity index (χ4v) is 2.78. The number of fused-ring (bicyclic) bond motifs is 2. The van der Waals surface area contributed by atoms with Gasteiger partial charge in [-0.15, -0.1) is 0 Å². The second-order valence-electron chi connectivity index (χ2n) is 5.93. The topological polar surface area (TPSA) is 79.1 Å². The summed E-state index contributed by atoms with van der Waals surface area (Å²) in [6, 6.07) is 13.7. The maximum Gasteiger partial charge on any atom is 0.351 e. The van der Waals surface area contributed by atoms with Gasteiger partial charge in [-0.1, -0.05) is 18.2 Å². The molecular weight excluding hydrogens is 336 g/mol. The van der Waals surface area contributed by atoms with Gasteiger partial charge in [-0.3, -0.25) is 9.20 Å². The second kappa shape index (κ2) is 6.51. The number of nitrogens with zero attached hydrogens (tertiary/aromatic N) is 2. The standard InChI is InChI=1S/C19H16N2O5/c1-12-18(26-15-7-3-2-6-14(15)25-12)19(23)24-11-13-10-17(22)21-9-5-4-8-16(21)20-13/h2-10,12,18H,11H2,1H3/t12-,18+/m1/s1. The number of ether oxygens (including phenoxy) is 3. The van der Waals surface area contributed by atoms with E-state index < -0.39 is 18.2 Å². The predicted molar refractivity (Wildman–Crippen MR) is 92.2 cm³/mol. The Kier molecular flexibility index (Phi) is 4.04. The lowest BCUT2D eigenvalue weighted by Crippen LogP contribution is -2.44. The van der Waals surface area contributed by atoms with Crippen LogP contribution in [0.1, 0.15) is 12.6 Å². The van der Waals surface area contributed by atoms with Crippen LogP contribution in [0.2, 0.25) is 0 Å². The summed E-state index contributed by atoms with van der Waals surface area (Å²) in [7, 11) is 0. The number of carbonyl (C=O) groups is 1. The Bertz CT molecular complexity index is 1030. The van der Waals surface area contributed by atoms with E-state index in [4.69, 9.17) is 14.2 Å². The van der Waals surface area contributed by atoms with Gasteiger partial charge in [0.15, 0.2) is 11.5 Å². The van der Waals surface area contributed by atoms with E-state index in [0.717, 1.165) is 0 Å². The molecule has 7 nitrogen and oxygen atoms in total. The molecule has 0 unspecified atom stereocenters. The van der Waals surface area contributed by atoms with Crippen LogP contribution in [0.5, 0.6) is 11.5 Å². The van der Waals surface area contributed by atoms with Crippen LogP contribution in [0.25, 0.3) is 5.65 Å². The van der Waals surface area contributed by atoms with Crippen LogP contribution in [0.3, 0.4) is 0 Å². The molecule has 1 aliphatic heterocycles. The number of carbonyl (C=O) groups excluding carboxylic acids is 1. The number of esters is 1. The van der Waals surface area contributed by atoms with Gasteiger partial charge in [0.25, 0.3) is 5.56 Å². The summed E-state index contributed by atoms with van der Waals surface area (Å²) < 4.78 is 18.1. The molecule has 0 saturated heterocycles. The average Bonchev–Trinajstić information content (AvgIpc) is 2.65. The van der Waals surface area contributed by atoms with E-state index in [1.807, 2.05) is 6.07 Å². The van der Waals surface area contributed by atoms with E-state index in [-0.39, 0.29) is 12.2 Å². The number of hydrogen-bond donors (Lipinski definition) is 0. The molecule has 1 aliphatic rings. The van der Waals surface area contributed by atoms with Crippen LogP contribution < -0.4 is 15.0 Å². The van der Waals surface area contributed by atoms with Gasteiger partial charge in [-0.25, -0.2) is 9.78 Å². The Morgan fingerprint density at radius 1 is 1.15 bits per heavy atom. The summed E-state index contributed by atoms with van der Waals surface area (Å²) in [5.41, 5.74) is 0.631. The van der Waals surface area contributed by atoms with Crippen LogP contribution >= 0.6 is 0 Å². The minimum atomic E-state index is -0.883. The molecule has 7 heteroatoms. The minimum absolute atomic E-state index is 0.117. The SMILES string of the molecule is C[C@H]1Oc2ccccc2O[C@@H]1C(=O)OCc1cc(=O)n2ccccc2n1. The summed E-state index contributed by atoms with van der Waals surface area (Å²) in [6.45, 7) is 1.62. The molecule has 0 spiro atoms. The van der Waals surface area contributed by atoms with Crippen molar-refractivity contribution in [1.82, 2.24) is 9.38 Å². The smallest absolute Gasteiger partial charge is 0.351 e. The predicted octanol–water partition coefficient (Wildman–Crippen LogP) is 1.97. The van der Waals surface area contributed by atoms with Crippen LogP contribution in [0.15, 0.2) is 59.5 Å². The average molecular weight is 352 g/mol. The third-order valence-electron chi connectivity index (χ3n) is 4.06. The van der Waals surface area contributed by atoms with E-state index >= 15 is 0 Å². The summed E-state index contributed by atoms with van der Waals surface area (Å²) in [5.74, 6) is 0.518. The van der Waals surface area contributed by atoms with Crippen molar-refractivity contribution in [1.29, 1.82) is 0 Å². The zero-order chi connectivity index (χ0) is 18.1. The molecular formula is C19H16N2O5. The van der Waals surface area contributed by atoms with Crippen molar-refractivity contribution in [3.05, 3.63) is 70.8 Å². The van der Waals surface area contributed by atoms with Crippen molar-refractivity contribution in [3.63, 3.8) is 0 Å². The Morgan fingerprint density at radius 2 is 1.88 bits per heavy atom. The fourth-order valence-electron chi connectivity index (χ4n) is 2.78. The van der Waals surface area contributed by atoms with Crippen molar-refractivity contribution in [2.45, 2.75) is 25.7 Å². The lowest BCUT2D eigenvalue weighted by atomic mass is 10.2. The van der Waals surface area contributed by atoms with Crippen molar-refractivity contribution in [3.8, 4) is 11.5 Å². The van der Waals surface area contributed by atoms with E-state index in [1.165, 1.54) is 10.5 Å². The van der Waals surface area contributed by atoms with Gasteiger partial charge in [0, 0.05) is 12.3 Å². The highest BCUT2D eigenvalue weighted by Gasteiger charge is 2.35. The maximum absolute atomic E-state index is 12.4. The number of aromatic nitrogens is 2. The second-order valence-corrected chi connectivity index (χ2v) is 5.93. The highest BCUT2D eigenvalue weighted by molar-refractivity contribution is 5.76. The van der Waals surface area contributed by atoms with Gasteiger partial charge in [0.2, 0.25) is 6.10 Å². The van der Waals surface area contributed by atoms with Crippen molar-refractivity contribution in [2.24, 2.45) is 0 Å². The third kappa shape index (κ3) is 2.99. The largest absolute Gasteiger partial charge is 0.482 e. The summed E-state index contributed by atoms with van der Waals surface area (Å²) in [6.07, 6.45) is 0.256. The van der Waals surface area contributed by atoms with E-state index in [9.17, 15) is 9.59 Å². The Balaban J connectivity index is 1.48. The molecule has 2 atom stereocenters. The van der Waals surface area contributed by atoms with Crippen molar-refractivity contribution < 1.29 is 19.0 Å². The molecule has 0 fully saturated rings. The van der Waals surface area contributed by atoms with Crippen LogP contribution in [0, 0.1) is 0 Å². The van der Waals surface area contributed by atoms with E-state index in [1.54, 1.807) is 49.5 Å². The molecule has 0 aliphatic carbocycles. The lowest BCUT2D eigenvalue weighted by molar-refractivity contribution is -0.159. The minimum Gasteiger partial charge on any atom is -0.482 e. The van der Waals surface area contributed by atoms with E-state index in [0.29, 0.717) is 22.8 Å². The lowest BCUT2D eigenvalue weighted by Gasteiger charge is -2.30. The molecule has 4 rings (SSSR count). The first-order chi connectivity index (χ1) is 12.6. The number of para-hydroxylation sites is 2. The molecule has 0 saturated carbocycles. The molecule has 2 aromatic heterocycles. The first kappa shape index (κ1) is 16.1. The van der Waals surface area contributed by atoms with Gasteiger partial charge < -0.3 is 14.2 Å². The third-order valence-corrected chi connectivity index (χ3v) is 4.06. The van der Waals surface area contributed by atoms with Crippen LogP contribution in [-0.2, 0) is 16.1 Å². The highest BCUT2D eigenvalue weighted by Crippen LogP contribution is 2.33. The normalized spacial score (nSPS) is 18.5. The first-order valence-electron chi connectivity index (χ1n) is 8.18. The first-order valence-corrected chi connectivity index (χ1v) is 8.18. The molecule has 0 bridgehead atoms. The number of hydrogen-bond acceptors (Lipinski definition) is 6. The molecule has 3 heterocycles. The van der Waals surface area contributed by atoms with Crippen LogP contribution in [-0.4, -0.2) is 27.6 Å².